The molecular formula is C17H23NO4S. The van der Waals surface area contributed by atoms with Crippen molar-refractivity contribution in [3.8, 4) is 0 Å². The van der Waals surface area contributed by atoms with Gasteiger partial charge in [0, 0.05) is 24.6 Å². The van der Waals surface area contributed by atoms with Crippen molar-refractivity contribution in [2.45, 2.75) is 48.5 Å². The van der Waals surface area contributed by atoms with E-state index in [2.05, 4.69) is 0 Å². The Kier molecular flexibility index (Phi) is 6.47. The van der Waals surface area contributed by atoms with Gasteiger partial charge in [-0.25, -0.2) is 0 Å². The Morgan fingerprint density at radius 1 is 1.39 bits per heavy atom. The lowest BCUT2D eigenvalue weighted by Crippen LogP contribution is -2.42. The van der Waals surface area contributed by atoms with Crippen LogP contribution < -0.4 is 0 Å². The molecule has 23 heavy (non-hydrogen) atoms. The van der Waals surface area contributed by atoms with Crippen molar-refractivity contribution in [2.75, 3.05) is 13.7 Å². The molecule has 1 aliphatic heterocycles. The first-order chi connectivity index (χ1) is 11.0. The number of thioether (sulfide) groups is 1. The van der Waals surface area contributed by atoms with Crippen molar-refractivity contribution in [3.63, 3.8) is 0 Å². The molecule has 0 saturated carbocycles. The SMILES string of the molecule is CCC(Sc1ccccc1)C(=O)N1CC(OC)CC1CC(=O)O. The van der Waals surface area contributed by atoms with Crippen LogP contribution >= 0.6 is 11.8 Å². The van der Waals surface area contributed by atoms with Gasteiger partial charge in [0.2, 0.25) is 5.91 Å². The smallest absolute Gasteiger partial charge is 0.305 e. The summed E-state index contributed by atoms with van der Waals surface area (Å²) in [6.07, 6.45) is 1.17. The maximum absolute atomic E-state index is 12.9. The number of methoxy groups -OCH3 is 1. The van der Waals surface area contributed by atoms with E-state index < -0.39 is 5.97 Å². The number of ether oxygens (including phenoxy) is 1. The largest absolute Gasteiger partial charge is 0.481 e. The van der Waals surface area contributed by atoms with Crippen LogP contribution in [-0.4, -0.2) is 52.9 Å². The lowest BCUT2D eigenvalue weighted by atomic mass is 10.1. The molecule has 0 spiro atoms. The van der Waals surface area contributed by atoms with Gasteiger partial charge < -0.3 is 14.7 Å². The van der Waals surface area contributed by atoms with Crippen LogP contribution in [0, 0.1) is 0 Å². The number of nitrogens with zero attached hydrogens (tertiary/aromatic N) is 1. The normalized spacial score (nSPS) is 22.1. The molecule has 0 aromatic heterocycles. The highest BCUT2D eigenvalue weighted by atomic mass is 32.2. The second kappa shape index (κ2) is 8.36. The van der Waals surface area contributed by atoms with Crippen LogP contribution in [0.5, 0.6) is 0 Å². The third-order valence-corrected chi connectivity index (χ3v) is 5.43. The molecule has 2 rings (SSSR count). The number of benzene rings is 1. The molecule has 1 N–H and O–H groups in total. The summed E-state index contributed by atoms with van der Waals surface area (Å²) in [5.41, 5.74) is 0. The zero-order valence-corrected chi connectivity index (χ0v) is 14.3. The van der Waals surface area contributed by atoms with E-state index in [1.165, 1.54) is 11.8 Å². The molecule has 5 nitrogen and oxygen atoms in total. The first-order valence-corrected chi connectivity index (χ1v) is 8.69. The Hall–Kier alpha value is -1.53. The van der Waals surface area contributed by atoms with Gasteiger partial charge in [0.15, 0.2) is 0 Å². The van der Waals surface area contributed by atoms with Gasteiger partial charge in [0.1, 0.15) is 0 Å². The minimum absolute atomic E-state index is 0.00662. The van der Waals surface area contributed by atoms with Crippen LogP contribution in [0.3, 0.4) is 0 Å². The average Bonchev–Trinajstić information content (AvgIpc) is 2.95. The number of amides is 1. The van der Waals surface area contributed by atoms with Crippen molar-refractivity contribution in [3.05, 3.63) is 30.3 Å². The Labute approximate surface area is 141 Å². The number of aliphatic carboxylic acids is 1. The molecule has 0 aliphatic carbocycles. The number of hydrogen-bond acceptors (Lipinski definition) is 4. The highest BCUT2D eigenvalue weighted by Crippen LogP contribution is 2.30. The van der Waals surface area contributed by atoms with Gasteiger partial charge in [-0.05, 0) is 25.0 Å². The first-order valence-electron chi connectivity index (χ1n) is 7.81. The molecule has 0 bridgehead atoms. The summed E-state index contributed by atoms with van der Waals surface area (Å²) in [5, 5.41) is 8.88. The van der Waals surface area contributed by atoms with Crippen LogP contribution in [0.1, 0.15) is 26.2 Å². The van der Waals surface area contributed by atoms with Gasteiger partial charge in [-0.3, -0.25) is 9.59 Å². The third-order valence-electron chi connectivity index (χ3n) is 4.07. The topological polar surface area (TPSA) is 66.8 Å². The molecule has 126 valence electrons. The number of hydrogen-bond donors (Lipinski definition) is 1. The van der Waals surface area contributed by atoms with Crippen LogP contribution in [0.15, 0.2) is 35.2 Å². The molecule has 1 fully saturated rings. The highest BCUT2D eigenvalue weighted by Gasteiger charge is 2.38. The summed E-state index contributed by atoms with van der Waals surface area (Å²) in [6.45, 7) is 2.45. The summed E-state index contributed by atoms with van der Waals surface area (Å²) in [5.74, 6) is -0.875. The fourth-order valence-corrected chi connectivity index (χ4v) is 3.91. The van der Waals surface area contributed by atoms with E-state index in [1.807, 2.05) is 37.3 Å². The van der Waals surface area contributed by atoms with Gasteiger partial charge in [0.05, 0.1) is 17.8 Å². The zero-order chi connectivity index (χ0) is 16.8. The summed E-state index contributed by atoms with van der Waals surface area (Å²) >= 11 is 1.53. The summed E-state index contributed by atoms with van der Waals surface area (Å²) in [7, 11) is 1.60. The van der Waals surface area contributed by atoms with Crippen molar-refractivity contribution < 1.29 is 19.4 Å². The lowest BCUT2D eigenvalue weighted by molar-refractivity contribution is -0.139. The van der Waals surface area contributed by atoms with E-state index in [0.29, 0.717) is 19.4 Å². The predicted molar refractivity (Wildman–Crippen MR) is 89.5 cm³/mol. The number of carbonyl (C=O) groups is 2. The fraction of sp³-hybridized carbons (Fsp3) is 0.529. The number of carboxylic acid groups (broad SMARTS) is 1. The molecule has 3 atom stereocenters. The van der Waals surface area contributed by atoms with E-state index in [1.54, 1.807) is 12.0 Å². The number of carbonyl (C=O) groups excluding carboxylic acids is 1. The zero-order valence-electron chi connectivity index (χ0n) is 13.5. The quantitative estimate of drug-likeness (QED) is 0.775. The molecule has 1 heterocycles. The van der Waals surface area contributed by atoms with E-state index in [-0.39, 0.29) is 29.7 Å². The Bertz CT molecular complexity index is 537. The molecule has 1 amide bonds. The molecule has 6 heteroatoms. The number of carboxylic acids is 1. The van der Waals surface area contributed by atoms with Gasteiger partial charge in [0.25, 0.3) is 0 Å². The second-order valence-electron chi connectivity index (χ2n) is 5.66. The average molecular weight is 337 g/mol. The molecule has 0 radical (unpaired) electrons. The molecule has 1 aromatic carbocycles. The predicted octanol–water partition coefficient (Wildman–Crippen LogP) is 2.65. The van der Waals surface area contributed by atoms with Gasteiger partial charge in [-0.2, -0.15) is 0 Å². The van der Waals surface area contributed by atoms with Gasteiger partial charge >= 0.3 is 5.97 Å². The lowest BCUT2D eigenvalue weighted by Gasteiger charge is -2.27. The van der Waals surface area contributed by atoms with Crippen molar-refractivity contribution in [1.29, 1.82) is 0 Å². The maximum atomic E-state index is 12.9. The fourth-order valence-electron chi connectivity index (χ4n) is 2.87. The van der Waals surface area contributed by atoms with Crippen molar-refractivity contribution in [2.24, 2.45) is 0 Å². The van der Waals surface area contributed by atoms with Crippen LogP contribution in [0.2, 0.25) is 0 Å². The Morgan fingerprint density at radius 3 is 2.65 bits per heavy atom. The van der Waals surface area contributed by atoms with E-state index >= 15 is 0 Å². The maximum Gasteiger partial charge on any atom is 0.305 e. The minimum Gasteiger partial charge on any atom is -0.481 e. The number of likely N-dealkylation sites (tertiary alicyclic amines) is 1. The van der Waals surface area contributed by atoms with Crippen LogP contribution in [-0.2, 0) is 14.3 Å². The van der Waals surface area contributed by atoms with Crippen LogP contribution in [0.25, 0.3) is 0 Å². The third kappa shape index (κ3) is 4.72. The highest BCUT2D eigenvalue weighted by molar-refractivity contribution is 8.00. The molecule has 1 aromatic rings. The monoisotopic (exact) mass is 337 g/mol. The van der Waals surface area contributed by atoms with E-state index in [4.69, 9.17) is 9.84 Å². The summed E-state index contributed by atoms with van der Waals surface area (Å²) in [4.78, 5) is 26.7. The summed E-state index contributed by atoms with van der Waals surface area (Å²) < 4.78 is 5.34. The number of rotatable bonds is 7. The first kappa shape index (κ1) is 17.8. The summed E-state index contributed by atoms with van der Waals surface area (Å²) in [6, 6.07) is 9.52. The van der Waals surface area contributed by atoms with Crippen molar-refractivity contribution in [1.82, 2.24) is 4.90 Å². The van der Waals surface area contributed by atoms with Gasteiger partial charge in [-0.15, -0.1) is 11.8 Å². The van der Waals surface area contributed by atoms with E-state index in [9.17, 15) is 9.59 Å². The Balaban J connectivity index is 2.09. The molecule has 1 aliphatic rings. The standard InChI is InChI=1S/C17H23NO4S/c1-3-15(23-14-7-5-4-6-8-14)17(21)18-11-13(22-2)9-12(18)10-16(19)20/h4-8,12-13,15H,3,9-11H2,1-2H3,(H,19,20). The Morgan fingerprint density at radius 2 is 2.09 bits per heavy atom. The molecule has 1 saturated heterocycles. The van der Waals surface area contributed by atoms with Gasteiger partial charge in [-0.1, -0.05) is 25.1 Å². The minimum atomic E-state index is -0.881. The van der Waals surface area contributed by atoms with Crippen molar-refractivity contribution >= 4 is 23.6 Å². The second-order valence-corrected chi connectivity index (χ2v) is 6.94. The van der Waals surface area contributed by atoms with Crippen LogP contribution in [0.4, 0.5) is 0 Å². The molecule has 3 unspecified atom stereocenters. The molecular weight excluding hydrogens is 314 g/mol. The van der Waals surface area contributed by atoms with E-state index in [0.717, 1.165) is 4.90 Å².